The Hall–Kier alpha value is -1.17. The zero-order valence-electron chi connectivity index (χ0n) is 12.4. The van der Waals surface area contributed by atoms with Gasteiger partial charge in [0.15, 0.2) is 0 Å². The van der Waals surface area contributed by atoms with Crippen molar-refractivity contribution in [3.63, 3.8) is 0 Å². The molecule has 5 nitrogen and oxygen atoms in total. The van der Waals surface area contributed by atoms with Crippen LogP contribution < -0.4 is 5.32 Å². The van der Waals surface area contributed by atoms with E-state index >= 15 is 0 Å². The Morgan fingerprint density at radius 2 is 2.30 bits per heavy atom. The lowest BCUT2D eigenvalue weighted by Gasteiger charge is -2.29. The number of hydrogen-bond acceptors (Lipinski definition) is 5. The second-order valence-electron chi connectivity index (χ2n) is 5.76. The summed E-state index contributed by atoms with van der Waals surface area (Å²) < 4.78 is 0. The number of rotatable bonds is 5. The normalized spacial score (nSPS) is 20.2. The lowest BCUT2D eigenvalue weighted by atomic mass is 9.98. The number of aliphatic hydroxyl groups excluding tert-OH is 1. The molecular weight excluding hydrogens is 254 g/mol. The van der Waals surface area contributed by atoms with Gasteiger partial charge in [0.2, 0.25) is 0 Å². The summed E-state index contributed by atoms with van der Waals surface area (Å²) in [6, 6.07) is 0. The second-order valence-corrected chi connectivity index (χ2v) is 5.76. The first kappa shape index (κ1) is 15.2. The van der Waals surface area contributed by atoms with E-state index in [2.05, 4.69) is 22.2 Å². The largest absolute Gasteiger partial charge is 0.506 e. The molecule has 0 bridgehead atoms. The van der Waals surface area contributed by atoms with E-state index in [0.29, 0.717) is 23.7 Å². The van der Waals surface area contributed by atoms with Crippen LogP contribution in [-0.2, 0) is 13.2 Å². The maximum absolute atomic E-state index is 10.1. The summed E-state index contributed by atoms with van der Waals surface area (Å²) in [6.07, 6.45) is 4.15. The third kappa shape index (κ3) is 3.69. The Labute approximate surface area is 120 Å². The molecule has 20 heavy (non-hydrogen) atoms. The first-order valence-electron chi connectivity index (χ1n) is 7.28. The van der Waals surface area contributed by atoms with Gasteiger partial charge in [0.1, 0.15) is 5.75 Å². The molecule has 0 aromatic carbocycles. The van der Waals surface area contributed by atoms with Crippen LogP contribution in [0.5, 0.6) is 5.75 Å². The summed E-state index contributed by atoms with van der Waals surface area (Å²) in [5.41, 5.74) is 2.07. The number of nitrogens with zero attached hydrogens (tertiary/aromatic N) is 2. The SMILES string of the molecule is Cc1ncc(CO)c(CNCC2CCCN(C)C2)c1O. The van der Waals surface area contributed by atoms with Gasteiger partial charge in [-0.05, 0) is 45.8 Å². The fraction of sp³-hybridized carbons (Fsp3) is 0.667. The Morgan fingerprint density at radius 1 is 1.50 bits per heavy atom. The number of hydrogen-bond donors (Lipinski definition) is 3. The highest BCUT2D eigenvalue weighted by molar-refractivity contribution is 5.40. The molecule has 0 spiro atoms. The highest BCUT2D eigenvalue weighted by atomic mass is 16.3. The standard InChI is InChI=1S/C15H25N3O2/c1-11-15(20)14(13(10-19)7-17-11)8-16-6-12-4-3-5-18(2)9-12/h7,12,16,19-20H,3-6,8-10H2,1-2H3. The molecule has 3 N–H and O–H groups in total. The van der Waals surface area contributed by atoms with Crippen molar-refractivity contribution in [2.75, 3.05) is 26.7 Å². The summed E-state index contributed by atoms with van der Waals surface area (Å²) >= 11 is 0. The molecule has 1 aromatic rings. The molecule has 2 rings (SSSR count). The molecule has 1 aliphatic heterocycles. The summed E-state index contributed by atoms with van der Waals surface area (Å²) in [5, 5.41) is 22.8. The average Bonchev–Trinajstić information content (AvgIpc) is 2.44. The van der Waals surface area contributed by atoms with Gasteiger partial charge in [-0.2, -0.15) is 0 Å². The number of aryl methyl sites for hydroxylation is 1. The fourth-order valence-corrected chi connectivity index (χ4v) is 2.86. The van der Waals surface area contributed by atoms with Crippen LogP contribution in [0.4, 0.5) is 0 Å². The van der Waals surface area contributed by atoms with Gasteiger partial charge in [-0.1, -0.05) is 0 Å². The molecule has 2 heterocycles. The van der Waals surface area contributed by atoms with Crippen molar-refractivity contribution in [3.05, 3.63) is 23.0 Å². The highest BCUT2D eigenvalue weighted by Gasteiger charge is 2.17. The predicted molar refractivity (Wildman–Crippen MR) is 78.5 cm³/mol. The van der Waals surface area contributed by atoms with E-state index in [1.54, 1.807) is 13.1 Å². The number of pyridine rings is 1. The van der Waals surface area contributed by atoms with Gasteiger partial charge in [-0.3, -0.25) is 4.98 Å². The van der Waals surface area contributed by atoms with Crippen molar-refractivity contribution in [3.8, 4) is 5.75 Å². The van der Waals surface area contributed by atoms with Gasteiger partial charge < -0.3 is 20.4 Å². The molecule has 0 amide bonds. The maximum Gasteiger partial charge on any atom is 0.141 e. The minimum absolute atomic E-state index is 0.0932. The number of likely N-dealkylation sites (tertiary alicyclic amines) is 1. The third-order valence-electron chi connectivity index (χ3n) is 4.06. The Kier molecular flexibility index (Phi) is 5.34. The Balaban J connectivity index is 1.92. The molecular formula is C15H25N3O2. The highest BCUT2D eigenvalue weighted by Crippen LogP contribution is 2.24. The first-order valence-corrected chi connectivity index (χ1v) is 7.28. The van der Waals surface area contributed by atoms with Crippen molar-refractivity contribution < 1.29 is 10.2 Å². The molecule has 1 aliphatic rings. The van der Waals surface area contributed by atoms with Crippen LogP contribution in [0.2, 0.25) is 0 Å². The number of aromatic hydroxyl groups is 1. The van der Waals surface area contributed by atoms with Crippen molar-refractivity contribution in [2.24, 2.45) is 5.92 Å². The number of aliphatic hydroxyl groups is 1. The first-order chi connectivity index (χ1) is 9.61. The smallest absolute Gasteiger partial charge is 0.141 e. The molecule has 0 aliphatic carbocycles. The van der Waals surface area contributed by atoms with Crippen LogP contribution in [-0.4, -0.2) is 46.8 Å². The van der Waals surface area contributed by atoms with Crippen molar-refractivity contribution in [1.82, 2.24) is 15.2 Å². The maximum atomic E-state index is 10.1. The lowest BCUT2D eigenvalue weighted by molar-refractivity contribution is 0.206. The summed E-state index contributed by atoms with van der Waals surface area (Å²) in [5.74, 6) is 0.862. The monoisotopic (exact) mass is 279 g/mol. The van der Waals surface area contributed by atoms with Crippen LogP contribution in [0.1, 0.15) is 29.7 Å². The van der Waals surface area contributed by atoms with Crippen LogP contribution in [0.25, 0.3) is 0 Å². The minimum Gasteiger partial charge on any atom is -0.506 e. The van der Waals surface area contributed by atoms with Crippen molar-refractivity contribution >= 4 is 0 Å². The molecule has 1 atom stereocenters. The molecule has 0 saturated carbocycles. The zero-order valence-corrected chi connectivity index (χ0v) is 12.4. The fourth-order valence-electron chi connectivity index (χ4n) is 2.86. The second kappa shape index (κ2) is 7.02. The lowest BCUT2D eigenvalue weighted by Crippen LogP contribution is -2.37. The van der Waals surface area contributed by atoms with Crippen molar-refractivity contribution in [1.29, 1.82) is 0 Å². The molecule has 0 radical (unpaired) electrons. The van der Waals surface area contributed by atoms with E-state index in [9.17, 15) is 10.2 Å². The molecule has 1 unspecified atom stereocenters. The van der Waals surface area contributed by atoms with E-state index < -0.39 is 0 Å². The van der Waals surface area contributed by atoms with Gasteiger partial charge in [0, 0.05) is 30.4 Å². The van der Waals surface area contributed by atoms with Gasteiger partial charge in [-0.15, -0.1) is 0 Å². The van der Waals surface area contributed by atoms with Gasteiger partial charge in [0.05, 0.1) is 12.3 Å². The van der Waals surface area contributed by atoms with E-state index in [0.717, 1.165) is 18.7 Å². The minimum atomic E-state index is -0.0932. The molecule has 5 heteroatoms. The third-order valence-corrected chi connectivity index (χ3v) is 4.06. The van der Waals surface area contributed by atoms with E-state index in [1.165, 1.54) is 19.4 Å². The molecule has 1 saturated heterocycles. The van der Waals surface area contributed by atoms with E-state index in [1.807, 2.05) is 0 Å². The topological polar surface area (TPSA) is 68.6 Å². The van der Waals surface area contributed by atoms with Crippen molar-refractivity contribution in [2.45, 2.75) is 32.9 Å². The van der Waals surface area contributed by atoms with E-state index in [-0.39, 0.29) is 12.4 Å². The molecule has 1 fully saturated rings. The van der Waals surface area contributed by atoms with E-state index in [4.69, 9.17) is 0 Å². The Morgan fingerprint density at radius 3 is 3.00 bits per heavy atom. The summed E-state index contributed by atoms with van der Waals surface area (Å²) in [6.45, 7) is 5.51. The number of aromatic nitrogens is 1. The van der Waals surface area contributed by atoms with Gasteiger partial charge in [-0.25, -0.2) is 0 Å². The quantitative estimate of drug-likeness (QED) is 0.751. The number of nitrogens with one attached hydrogen (secondary N) is 1. The van der Waals surface area contributed by atoms with Crippen LogP contribution in [0, 0.1) is 12.8 Å². The Bertz CT molecular complexity index is 451. The average molecular weight is 279 g/mol. The van der Waals surface area contributed by atoms with Crippen LogP contribution >= 0.6 is 0 Å². The molecule has 112 valence electrons. The molecule has 1 aromatic heterocycles. The van der Waals surface area contributed by atoms with Crippen LogP contribution in [0.3, 0.4) is 0 Å². The van der Waals surface area contributed by atoms with Gasteiger partial charge >= 0.3 is 0 Å². The zero-order chi connectivity index (χ0) is 14.5. The summed E-state index contributed by atoms with van der Waals surface area (Å²) in [7, 11) is 2.16. The predicted octanol–water partition coefficient (Wildman–Crippen LogP) is 1.02. The number of piperidine rings is 1. The van der Waals surface area contributed by atoms with Crippen LogP contribution in [0.15, 0.2) is 6.20 Å². The van der Waals surface area contributed by atoms with Gasteiger partial charge in [0.25, 0.3) is 0 Å². The summed E-state index contributed by atoms with van der Waals surface area (Å²) in [4.78, 5) is 6.44.